The van der Waals surface area contributed by atoms with E-state index >= 15 is 4.39 Å². The third kappa shape index (κ3) is 6.16. The van der Waals surface area contributed by atoms with E-state index in [-0.39, 0.29) is 26.4 Å². The number of aromatic nitrogens is 2. The first kappa shape index (κ1) is 26.6. The molecule has 2 aromatic heterocycles. The van der Waals surface area contributed by atoms with Crippen LogP contribution in [0.15, 0.2) is 47.9 Å². The number of pyridine rings is 1. The van der Waals surface area contributed by atoms with Crippen LogP contribution in [0.2, 0.25) is 0 Å². The highest BCUT2D eigenvalue weighted by Gasteiger charge is 2.32. The lowest BCUT2D eigenvalue weighted by atomic mass is 10.1. The van der Waals surface area contributed by atoms with Crippen LogP contribution in [0.3, 0.4) is 0 Å². The topological polar surface area (TPSA) is 101 Å². The number of cyclic esters (lactones) is 1. The lowest BCUT2D eigenvalue weighted by molar-refractivity contribution is -0.119. The second-order valence-electron chi connectivity index (χ2n) is 8.42. The van der Waals surface area contributed by atoms with Crippen molar-refractivity contribution >= 4 is 29.5 Å². The molecule has 1 atom stereocenters. The van der Waals surface area contributed by atoms with Gasteiger partial charge in [-0.1, -0.05) is 12.6 Å². The van der Waals surface area contributed by atoms with Crippen molar-refractivity contribution in [2.75, 3.05) is 45.2 Å². The fourth-order valence-corrected chi connectivity index (χ4v) is 3.63. The van der Waals surface area contributed by atoms with E-state index in [0.29, 0.717) is 29.1 Å². The van der Waals surface area contributed by atoms with Crippen molar-refractivity contribution in [3.05, 3.63) is 54.2 Å². The minimum absolute atomic E-state index is 0. The lowest BCUT2D eigenvalue weighted by Gasteiger charge is -2.14. The number of nitrogens with zero attached hydrogens (tertiary/aromatic N) is 5. The Labute approximate surface area is 209 Å². The Balaban J connectivity index is 0.00000361. The zero-order chi connectivity index (χ0) is 24.9. The molecule has 1 N–H and O–H groups in total. The van der Waals surface area contributed by atoms with Crippen LogP contribution in [0.4, 0.5) is 14.9 Å². The van der Waals surface area contributed by atoms with E-state index in [2.05, 4.69) is 15.5 Å². The zero-order valence-electron chi connectivity index (χ0n) is 19.8. The third-order valence-corrected chi connectivity index (χ3v) is 5.46. The minimum atomic E-state index is -0.578. The predicted molar refractivity (Wildman–Crippen MR) is 136 cm³/mol. The molecule has 3 heterocycles. The lowest BCUT2D eigenvalue weighted by Crippen LogP contribution is -2.33. The van der Waals surface area contributed by atoms with Crippen LogP contribution in [0.25, 0.3) is 16.8 Å². The second kappa shape index (κ2) is 11.6. The molecule has 0 saturated carbocycles. The van der Waals surface area contributed by atoms with E-state index < -0.39 is 18.0 Å². The first-order valence-corrected chi connectivity index (χ1v) is 11.1. The summed E-state index contributed by atoms with van der Waals surface area (Å²) < 4.78 is 22.1. The fraction of sp³-hybridized carbons (Fsp3) is 0.360. The van der Waals surface area contributed by atoms with Gasteiger partial charge in [0.05, 0.1) is 36.9 Å². The van der Waals surface area contributed by atoms with E-state index in [4.69, 9.17) is 9.57 Å². The number of rotatable bonds is 9. The number of halogens is 1. The molecule has 192 valence electrons. The molecule has 1 fully saturated rings. The van der Waals surface area contributed by atoms with Gasteiger partial charge >= 0.3 is 6.09 Å². The third-order valence-electron chi connectivity index (χ3n) is 5.46. The van der Waals surface area contributed by atoms with Crippen LogP contribution in [-0.2, 0) is 14.4 Å². The number of carbonyl (C=O) groups excluding carboxylic acids is 2. The number of anilines is 1. The number of ether oxygens (including phenoxy) is 1. The predicted octanol–water partition coefficient (Wildman–Crippen LogP) is 3.15. The van der Waals surface area contributed by atoms with Crippen molar-refractivity contribution in [2.45, 2.75) is 20.5 Å². The fourth-order valence-electron chi connectivity index (χ4n) is 3.63. The van der Waals surface area contributed by atoms with E-state index in [1.807, 2.05) is 23.4 Å². The summed E-state index contributed by atoms with van der Waals surface area (Å²) in [5, 5.41) is 6.59. The van der Waals surface area contributed by atoms with E-state index in [1.165, 1.54) is 17.9 Å². The van der Waals surface area contributed by atoms with Crippen LogP contribution in [0, 0.1) is 5.82 Å². The Kier molecular flexibility index (Phi) is 8.59. The molecule has 0 bridgehead atoms. The highest BCUT2D eigenvalue weighted by Crippen LogP contribution is 2.29. The molecule has 3 aromatic rings. The summed E-state index contributed by atoms with van der Waals surface area (Å²) in [5.74, 6) is -0.690. The van der Waals surface area contributed by atoms with E-state index in [1.54, 1.807) is 42.9 Å². The molecule has 1 aliphatic heterocycles. The molecule has 1 aliphatic rings. The van der Waals surface area contributed by atoms with Gasteiger partial charge in [-0.25, -0.2) is 14.2 Å². The molecular formula is C25H31FN6O4. The number of likely N-dealkylation sites (N-methyl/N-ethyl adjacent to an activating group) is 1. The molecule has 1 saturated heterocycles. The van der Waals surface area contributed by atoms with Crippen LogP contribution >= 0.6 is 0 Å². The molecular weight excluding hydrogens is 467 g/mol. The summed E-state index contributed by atoms with van der Waals surface area (Å²) in [6.45, 7) is 3.05. The van der Waals surface area contributed by atoms with Crippen molar-refractivity contribution < 1.29 is 23.6 Å². The zero-order valence-corrected chi connectivity index (χ0v) is 19.8. The number of benzene rings is 1. The molecule has 0 radical (unpaired) electrons. The largest absolute Gasteiger partial charge is 0.442 e. The van der Waals surface area contributed by atoms with Gasteiger partial charge in [-0.05, 0) is 50.0 Å². The summed E-state index contributed by atoms with van der Waals surface area (Å²) in [7, 11) is 3.91. The van der Waals surface area contributed by atoms with Gasteiger partial charge in [0.1, 0.15) is 24.2 Å². The second-order valence-corrected chi connectivity index (χ2v) is 8.42. The highest BCUT2D eigenvalue weighted by molar-refractivity contribution is 5.90. The van der Waals surface area contributed by atoms with Gasteiger partial charge in [-0.3, -0.25) is 14.1 Å². The van der Waals surface area contributed by atoms with Crippen molar-refractivity contribution in [2.24, 2.45) is 5.16 Å². The molecule has 2 amide bonds. The number of oxime groups is 1. The van der Waals surface area contributed by atoms with Gasteiger partial charge in [0.2, 0.25) is 5.91 Å². The van der Waals surface area contributed by atoms with Crippen LogP contribution in [-0.4, -0.2) is 78.9 Å². The summed E-state index contributed by atoms with van der Waals surface area (Å²) in [6.07, 6.45) is 3.96. The normalized spacial score (nSPS) is 15.4. The van der Waals surface area contributed by atoms with E-state index in [0.717, 1.165) is 12.2 Å². The Hall–Kier alpha value is -3.99. The van der Waals surface area contributed by atoms with Crippen molar-refractivity contribution in [3.63, 3.8) is 0 Å². The highest BCUT2D eigenvalue weighted by atomic mass is 19.1. The molecule has 0 spiro atoms. The number of hydrogen-bond donors (Lipinski definition) is 1. The van der Waals surface area contributed by atoms with Crippen LogP contribution in [0.1, 0.15) is 20.0 Å². The number of carbonyl (C=O) groups is 2. The van der Waals surface area contributed by atoms with Gasteiger partial charge in [-0.2, -0.15) is 0 Å². The number of hydrogen-bond acceptors (Lipinski definition) is 7. The molecule has 11 heteroatoms. The molecule has 4 rings (SSSR count). The van der Waals surface area contributed by atoms with Gasteiger partial charge in [0.15, 0.2) is 0 Å². The maximum absolute atomic E-state index is 15.1. The van der Waals surface area contributed by atoms with Gasteiger partial charge in [0.25, 0.3) is 0 Å². The van der Waals surface area contributed by atoms with Gasteiger partial charge in [0, 0.05) is 25.2 Å². The Bertz CT molecular complexity index is 1260. The SMILES string of the molecule is C.CC(=O)NC[C@H]1CN(c2ccc(-c3ccn4c(/C=N/OCCN(C)C)cnc4c3)c(F)c2)C(=O)O1. The Morgan fingerprint density at radius 3 is 2.89 bits per heavy atom. The van der Waals surface area contributed by atoms with Crippen molar-refractivity contribution in [1.29, 1.82) is 0 Å². The first-order chi connectivity index (χ1) is 16.8. The Morgan fingerprint density at radius 2 is 2.17 bits per heavy atom. The summed E-state index contributed by atoms with van der Waals surface area (Å²) in [4.78, 5) is 36.3. The molecule has 0 aliphatic carbocycles. The first-order valence-electron chi connectivity index (χ1n) is 11.1. The number of fused-ring (bicyclic) bond motifs is 1. The van der Waals surface area contributed by atoms with Crippen LogP contribution in [0.5, 0.6) is 0 Å². The maximum atomic E-state index is 15.1. The quantitative estimate of drug-likeness (QED) is 0.276. The average molecular weight is 499 g/mol. The van der Waals surface area contributed by atoms with Crippen LogP contribution < -0.4 is 10.2 Å². The number of amides is 2. The van der Waals surface area contributed by atoms with Gasteiger partial charge in [-0.15, -0.1) is 0 Å². The monoisotopic (exact) mass is 498 g/mol. The molecule has 1 aromatic carbocycles. The summed E-state index contributed by atoms with van der Waals surface area (Å²) in [6, 6.07) is 8.14. The van der Waals surface area contributed by atoms with Crippen molar-refractivity contribution in [3.8, 4) is 11.1 Å². The molecule has 10 nitrogen and oxygen atoms in total. The van der Waals surface area contributed by atoms with Crippen molar-refractivity contribution in [1.82, 2.24) is 19.6 Å². The summed E-state index contributed by atoms with van der Waals surface area (Å²) >= 11 is 0. The van der Waals surface area contributed by atoms with Gasteiger partial charge < -0.3 is 19.8 Å². The standard InChI is InChI=1S/C24H27FN6O4.CH4/c1-16(32)26-14-20-15-31(24(33)35-20)18-4-5-21(22(25)11-18)17-6-7-30-19(12-27-23(30)10-17)13-28-34-9-8-29(2)3;/h4-7,10-13,20H,8-9,14-15H2,1-3H3,(H,26,32);1H4/b28-13+;/t20-;/m0./s1. The molecule has 0 unspecified atom stereocenters. The smallest absolute Gasteiger partial charge is 0.414 e. The summed E-state index contributed by atoms with van der Waals surface area (Å²) in [5.41, 5.74) is 2.77. The average Bonchev–Trinajstić information content (AvgIpc) is 3.39. The number of imidazole rings is 1. The maximum Gasteiger partial charge on any atom is 0.414 e. The molecule has 36 heavy (non-hydrogen) atoms. The minimum Gasteiger partial charge on any atom is -0.442 e. The Morgan fingerprint density at radius 1 is 1.36 bits per heavy atom. The van der Waals surface area contributed by atoms with E-state index in [9.17, 15) is 9.59 Å². The number of nitrogens with one attached hydrogen (secondary N) is 1.